The molecule has 0 spiro atoms. The van der Waals surface area contributed by atoms with Crippen molar-refractivity contribution in [1.82, 2.24) is 0 Å². The highest BCUT2D eigenvalue weighted by atomic mass is 35.5. The number of para-hydroxylation sites is 1. The summed E-state index contributed by atoms with van der Waals surface area (Å²) in [6.07, 6.45) is -0.715. The lowest BCUT2D eigenvalue weighted by Crippen LogP contribution is -2.23. The van der Waals surface area contributed by atoms with Crippen LogP contribution >= 0.6 is 12.4 Å². The number of phenolic OH excluding ortho intramolecular Hbond substituents is 1. The second-order valence-electron chi connectivity index (χ2n) is 3.16. The number of ether oxygens (including phenoxy) is 1. The molecule has 1 rings (SSSR count). The number of aromatic hydroxyl groups is 1. The zero-order valence-corrected chi connectivity index (χ0v) is 9.49. The number of nitrogens with two attached hydrogens (primary N) is 1. The smallest absolute Gasteiger partial charge is 0.162 e. The van der Waals surface area contributed by atoms with Gasteiger partial charge in [0, 0.05) is 5.56 Å². The minimum absolute atomic E-state index is 0. The van der Waals surface area contributed by atoms with Crippen LogP contribution in [0.5, 0.6) is 11.5 Å². The summed E-state index contributed by atoms with van der Waals surface area (Å²) in [6, 6.07) is 4.41. The van der Waals surface area contributed by atoms with E-state index < -0.39 is 12.1 Å². The van der Waals surface area contributed by atoms with Gasteiger partial charge in [-0.1, -0.05) is 12.1 Å². The SMILES string of the molecule is COc1cccc([C@@H](N)[C@H](C)O)c1O.Cl. The Morgan fingerprint density at radius 2 is 2.00 bits per heavy atom. The van der Waals surface area contributed by atoms with Gasteiger partial charge >= 0.3 is 0 Å². The highest BCUT2D eigenvalue weighted by Gasteiger charge is 2.17. The van der Waals surface area contributed by atoms with Crippen molar-refractivity contribution in [1.29, 1.82) is 0 Å². The van der Waals surface area contributed by atoms with Crippen molar-refractivity contribution in [2.75, 3.05) is 7.11 Å². The number of methoxy groups -OCH3 is 1. The van der Waals surface area contributed by atoms with E-state index in [1.54, 1.807) is 25.1 Å². The van der Waals surface area contributed by atoms with E-state index in [-0.39, 0.29) is 18.2 Å². The number of aliphatic hydroxyl groups is 1. The molecule has 0 aliphatic rings. The van der Waals surface area contributed by atoms with E-state index in [4.69, 9.17) is 10.5 Å². The second-order valence-corrected chi connectivity index (χ2v) is 3.16. The lowest BCUT2D eigenvalue weighted by molar-refractivity contribution is 0.162. The molecule has 0 aliphatic heterocycles. The van der Waals surface area contributed by atoms with Crippen LogP contribution in [0, 0.1) is 0 Å². The maximum atomic E-state index is 9.69. The number of hydrogen-bond acceptors (Lipinski definition) is 4. The van der Waals surface area contributed by atoms with E-state index in [9.17, 15) is 10.2 Å². The summed E-state index contributed by atoms with van der Waals surface area (Å²) in [5.41, 5.74) is 6.18. The fourth-order valence-corrected chi connectivity index (χ4v) is 1.23. The zero-order chi connectivity index (χ0) is 10.7. The summed E-state index contributed by atoms with van der Waals surface area (Å²) in [4.78, 5) is 0. The summed E-state index contributed by atoms with van der Waals surface area (Å²) in [5.74, 6) is 0.349. The van der Waals surface area contributed by atoms with Gasteiger partial charge < -0.3 is 20.7 Å². The molecular weight excluding hydrogens is 218 g/mol. The summed E-state index contributed by atoms with van der Waals surface area (Å²) < 4.78 is 4.93. The van der Waals surface area contributed by atoms with E-state index >= 15 is 0 Å². The molecule has 0 fully saturated rings. The molecule has 0 aliphatic carbocycles. The predicted octanol–water partition coefficient (Wildman–Crippen LogP) is 1.20. The Balaban J connectivity index is 0.00000196. The van der Waals surface area contributed by atoms with Crippen molar-refractivity contribution in [3.8, 4) is 11.5 Å². The van der Waals surface area contributed by atoms with Crippen molar-refractivity contribution in [2.24, 2.45) is 5.73 Å². The zero-order valence-electron chi connectivity index (χ0n) is 8.68. The van der Waals surface area contributed by atoms with Crippen LogP contribution in [-0.4, -0.2) is 23.4 Å². The Morgan fingerprint density at radius 1 is 1.40 bits per heavy atom. The normalized spacial score (nSPS) is 13.9. The molecule has 4 nitrogen and oxygen atoms in total. The highest BCUT2D eigenvalue weighted by molar-refractivity contribution is 5.85. The minimum atomic E-state index is -0.715. The van der Waals surface area contributed by atoms with Gasteiger partial charge in [-0.25, -0.2) is 0 Å². The molecule has 4 N–H and O–H groups in total. The number of halogens is 1. The molecule has 0 amide bonds. The number of benzene rings is 1. The first-order valence-electron chi connectivity index (χ1n) is 4.37. The van der Waals surface area contributed by atoms with E-state index in [1.165, 1.54) is 7.11 Å². The van der Waals surface area contributed by atoms with E-state index in [0.717, 1.165) is 0 Å². The molecule has 2 atom stereocenters. The van der Waals surface area contributed by atoms with Crippen molar-refractivity contribution in [2.45, 2.75) is 19.1 Å². The third-order valence-electron chi connectivity index (χ3n) is 2.13. The Morgan fingerprint density at radius 3 is 2.47 bits per heavy atom. The third-order valence-corrected chi connectivity index (χ3v) is 2.13. The molecule has 5 heteroatoms. The van der Waals surface area contributed by atoms with E-state index in [2.05, 4.69) is 0 Å². The maximum Gasteiger partial charge on any atom is 0.162 e. The second kappa shape index (κ2) is 5.80. The van der Waals surface area contributed by atoms with Crippen LogP contribution in [-0.2, 0) is 0 Å². The van der Waals surface area contributed by atoms with Crippen LogP contribution in [0.1, 0.15) is 18.5 Å². The molecular formula is C10H16ClNO3. The van der Waals surface area contributed by atoms with Crippen LogP contribution in [0.25, 0.3) is 0 Å². The summed E-state index contributed by atoms with van der Waals surface area (Å²) in [5, 5.41) is 19.0. The molecule has 1 aromatic carbocycles. The molecule has 0 bridgehead atoms. The molecule has 0 radical (unpaired) electrons. The molecule has 0 heterocycles. The van der Waals surface area contributed by atoms with Crippen LogP contribution in [0.2, 0.25) is 0 Å². The van der Waals surface area contributed by atoms with Crippen LogP contribution in [0.3, 0.4) is 0 Å². The van der Waals surface area contributed by atoms with Crippen LogP contribution < -0.4 is 10.5 Å². The average molecular weight is 234 g/mol. The average Bonchev–Trinajstić information content (AvgIpc) is 2.17. The predicted molar refractivity (Wildman–Crippen MR) is 60.5 cm³/mol. The Bertz CT molecular complexity index is 318. The number of aliphatic hydroxyl groups excluding tert-OH is 1. The van der Waals surface area contributed by atoms with Crippen molar-refractivity contribution < 1.29 is 14.9 Å². The molecule has 1 aromatic rings. The summed E-state index contributed by atoms with van der Waals surface area (Å²) >= 11 is 0. The van der Waals surface area contributed by atoms with E-state index in [1.807, 2.05) is 0 Å². The highest BCUT2D eigenvalue weighted by Crippen LogP contribution is 2.33. The molecule has 15 heavy (non-hydrogen) atoms. The van der Waals surface area contributed by atoms with Gasteiger partial charge in [0.15, 0.2) is 11.5 Å². The number of rotatable bonds is 3. The lowest BCUT2D eigenvalue weighted by atomic mass is 10.0. The van der Waals surface area contributed by atoms with Crippen molar-refractivity contribution in [3.05, 3.63) is 23.8 Å². The lowest BCUT2D eigenvalue weighted by Gasteiger charge is -2.17. The Kier molecular flexibility index (Phi) is 5.43. The molecule has 86 valence electrons. The van der Waals surface area contributed by atoms with Crippen LogP contribution in [0.15, 0.2) is 18.2 Å². The summed E-state index contributed by atoms with van der Waals surface area (Å²) in [6.45, 7) is 1.57. The fourth-order valence-electron chi connectivity index (χ4n) is 1.23. The monoisotopic (exact) mass is 233 g/mol. The maximum absolute atomic E-state index is 9.69. The fraction of sp³-hybridized carbons (Fsp3) is 0.400. The number of hydrogen-bond donors (Lipinski definition) is 3. The van der Waals surface area contributed by atoms with Crippen LogP contribution in [0.4, 0.5) is 0 Å². The largest absolute Gasteiger partial charge is 0.504 e. The molecule has 0 saturated heterocycles. The van der Waals surface area contributed by atoms with Crippen molar-refractivity contribution >= 4 is 12.4 Å². The molecule has 0 saturated carbocycles. The van der Waals surface area contributed by atoms with Gasteiger partial charge in [0.05, 0.1) is 19.3 Å². The Labute approximate surface area is 95.1 Å². The van der Waals surface area contributed by atoms with E-state index in [0.29, 0.717) is 11.3 Å². The van der Waals surface area contributed by atoms with Gasteiger partial charge in [-0.3, -0.25) is 0 Å². The molecule has 0 unspecified atom stereocenters. The molecule has 0 aromatic heterocycles. The third kappa shape index (κ3) is 2.99. The Hall–Kier alpha value is -0.970. The minimum Gasteiger partial charge on any atom is -0.504 e. The first-order chi connectivity index (χ1) is 6.57. The summed E-state index contributed by atoms with van der Waals surface area (Å²) in [7, 11) is 1.47. The first-order valence-corrected chi connectivity index (χ1v) is 4.37. The van der Waals surface area contributed by atoms with Gasteiger partial charge in [0.2, 0.25) is 0 Å². The van der Waals surface area contributed by atoms with Gasteiger partial charge in [0.25, 0.3) is 0 Å². The van der Waals surface area contributed by atoms with Gasteiger partial charge in [-0.15, -0.1) is 12.4 Å². The van der Waals surface area contributed by atoms with Gasteiger partial charge in [0.1, 0.15) is 0 Å². The quantitative estimate of drug-likeness (QED) is 0.734. The van der Waals surface area contributed by atoms with Crippen molar-refractivity contribution in [3.63, 3.8) is 0 Å². The van der Waals surface area contributed by atoms with Gasteiger partial charge in [-0.05, 0) is 13.0 Å². The number of phenols is 1. The van der Waals surface area contributed by atoms with Gasteiger partial charge in [-0.2, -0.15) is 0 Å². The standard InChI is InChI=1S/C10H15NO3.ClH/c1-6(12)9(11)7-4-3-5-8(14-2)10(7)13;/h3-6,9,12-13H,11H2,1-2H3;1H/t6-,9-;/m0./s1. The first kappa shape index (κ1) is 14.0. The topological polar surface area (TPSA) is 75.7 Å².